The van der Waals surface area contributed by atoms with Crippen LogP contribution in [0.2, 0.25) is 0 Å². The summed E-state index contributed by atoms with van der Waals surface area (Å²) in [5, 5.41) is 0. The first-order valence-electron chi connectivity index (χ1n) is 17.7. The minimum atomic E-state index is -0.128. The molecule has 0 unspecified atom stereocenters. The van der Waals surface area contributed by atoms with E-state index in [1.807, 2.05) is 48.5 Å². The third kappa shape index (κ3) is 11.5. The molecular formula is C42H56N2O2. The molecule has 0 fully saturated rings. The van der Waals surface area contributed by atoms with Crippen molar-refractivity contribution < 1.29 is 9.47 Å². The summed E-state index contributed by atoms with van der Waals surface area (Å²) >= 11 is 0. The average molecular weight is 621 g/mol. The van der Waals surface area contributed by atoms with Crippen LogP contribution in [0.4, 0.5) is 11.4 Å². The fraction of sp³-hybridized carbons (Fsp3) is 0.429. The first kappa shape index (κ1) is 34.9. The van der Waals surface area contributed by atoms with Crippen molar-refractivity contribution in [1.29, 1.82) is 0 Å². The second-order valence-electron chi connectivity index (χ2n) is 13.1. The Labute approximate surface area is 278 Å². The highest BCUT2D eigenvalue weighted by Crippen LogP contribution is 2.39. The smallest absolute Gasteiger partial charge is 0.127 e. The van der Waals surface area contributed by atoms with E-state index in [0.29, 0.717) is 0 Å². The molecule has 46 heavy (non-hydrogen) atoms. The van der Waals surface area contributed by atoms with Crippen molar-refractivity contribution in [2.45, 2.75) is 116 Å². The summed E-state index contributed by atoms with van der Waals surface area (Å²) in [5.74, 6) is 3.20. The summed E-state index contributed by atoms with van der Waals surface area (Å²) in [5.41, 5.74) is 15.6. The Hall–Kier alpha value is -3.92. The maximum absolute atomic E-state index is 6.09. The van der Waals surface area contributed by atoms with Gasteiger partial charge in [0.05, 0.1) is 0 Å². The number of rotatable bonds is 21. The summed E-state index contributed by atoms with van der Waals surface area (Å²) < 4.78 is 12.2. The summed E-state index contributed by atoms with van der Waals surface area (Å²) in [6.07, 6.45) is 20.2. The SMILES string of the molecule is CCCCCCCCCCCCCCCCC(C)(c1ccc(Oc2ccc(N)cc2)cc1)c1ccc(Oc2ccc(N)cc2)cc1. The van der Waals surface area contributed by atoms with Gasteiger partial charge in [-0.05, 0) is 90.3 Å². The highest BCUT2D eigenvalue weighted by molar-refractivity contribution is 5.47. The normalized spacial score (nSPS) is 11.4. The minimum Gasteiger partial charge on any atom is -0.457 e. The van der Waals surface area contributed by atoms with Crippen LogP contribution >= 0.6 is 0 Å². The maximum Gasteiger partial charge on any atom is 0.127 e. The molecule has 0 aliphatic heterocycles. The van der Waals surface area contributed by atoms with E-state index < -0.39 is 0 Å². The molecular weight excluding hydrogens is 564 g/mol. The van der Waals surface area contributed by atoms with Gasteiger partial charge in [0.15, 0.2) is 0 Å². The lowest BCUT2D eigenvalue weighted by molar-refractivity contribution is 0.461. The number of unbranched alkanes of at least 4 members (excludes halogenated alkanes) is 13. The minimum absolute atomic E-state index is 0.128. The van der Waals surface area contributed by atoms with Gasteiger partial charge in [0.25, 0.3) is 0 Å². The number of hydrogen-bond acceptors (Lipinski definition) is 4. The van der Waals surface area contributed by atoms with Gasteiger partial charge in [-0.2, -0.15) is 0 Å². The van der Waals surface area contributed by atoms with E-state index in [-0.39, 0.29) is 5.41 Å². The molecule has 0 amide bonds. The molecule has 0 atom stereocenters. The van der Waals surface area contributed by atoms with Gasteiger partial charge >= 0.3 is 0 Å². The van der Waals surface area contributed by atoms with Crippen LogP contribution < -0.4 is 20.9 Å². The maximum atomic E-state index is 6.09. The van der Waals surface area contributed by atoms with E-state index in [2.05, 4.69) is 62.4 Å². The van der Waals surface area contributed by atoms with Crippen molar-refractivity contribution in [3.63, 3.8) is 0 Å². The number of ether oxygens (including phenoxy) is 2. The first-order chi connectivity index (χ1) is 22.5. The van der Waals surface area contributed by atoms with Crippen LogP contribution in [-0.2, 0) is 5.41 Å². The van der Waals surface area contributed by atoms with Gasteiger partial charge < -0.3 is 20.9 Å². The number of nitrogens with two attached hydrogens (primary N) is 2. The molecule has 0 aromatic heterocycles. The Kier molecular flexibility index (Phi) is 14.4. The average Bonchev–Trinajstić information content (AvgIpc) is 3.07. The van der Waals surface area contributed by atoms with E-state index in [4.69, 9.17) is 20.9 Å². The van der Waals surface area contributed by atoms with Gasteiger partial charge in [-0.1, -0.05) is 128 Å². The van der Waals surface area contributed by atoms with Crippen LogP contribution in [-0.4, -0.2) is 0 Å². The summed E-state index contributed by atoms with van der Waals surface area (Å²) in [7, 11) is 0. The van der Waals surface area contributed by atoms with Gasteiger partial charge in [-0.3, -0.25) is 0 Å². The monoisotopic (exact) mass is 620 g/mol. The second kappa shape index (κ2) is 18.9. The molecule has 4 rings (SSSR count). The molecule has 4 aromatic rings. The quantitative estimate of drug-likeness (QED) is 0.0718. The molecule has 4 heteroatoms. The molecule has 0 saturated carbocycles. The summed E-state index contributed by atoms with van der Waals surface area (Å²) in [6.45, 7) is 4.66. The summed E-state index contributed by atoms with van der Waals surface area (Å²) in [6, 6.07) is 32.2. The van der Waals surface area contributed by atoms with Crippen LogP contribution in [0.3, 0.4) is 0 Å². The summed E-state index contributed by atoms with van der Waals surface area (Å²) in [4.78, 5) is 0. The molecule has 0 radical (unpaired) electrons. The molecule has 0 bridgehead atoms. The standard InChI is InChI=1S/C42H56N2O2/c1-3-4-5-6-7-8-9-10-11-12-13-14-15-16-33-42(2,34-17-25-38(26-18-34)45-40-29-21-36(43)22-30-40)35-19-27-39(28-20-35)46-41-31-23-37(44)24-32-41/h17-32H,3-16,33,43-44H2,1-2H3. The Morgan fingerprint density at radius 1 is 0.413 bits per heavy atom. The van der Waals surface area contributed by atoms with Gasteiger partial charge in [0.2, 0.25) is 0 Å². The number of hydrogen-bond donors (Lipinski definition) is 2. The van der Waals surface area contributed by atoms with E-state index in [0.717, 1.165) is 40.8 Å². The lowest BCUT2D eigenvalue weighted by Crippen LogP contribution is -2.23. The second-order valence-corrected chi connectivity index (χ2v) is 13.1. The van der Waals surface area contributed by atoms with E-state index >= 15 is 0 Å². The number of nitrogen functional groups attached to an aromatic ring is 2. The first-order valence-corrected chi connectivity index (χ1v) is 17.7. The fourth-order valence-electron chi connectivity index (χ4n) is 6.25. The van der Waals surface area contributed by atoms with Crippen molar-refractivity contribution in [1.82, 2.24) is 0 Å². The van der Waals surface area contributed by atoms with E-state index in [1.165, 1.54) is 101 Å². The third-order valence-electron chi connectivity index (χ3n) is 9.24. The lowest BCUT2D eigenvalue weighted by Gasteiger charge is -2.31. The van der Waals surface area contributed by atoms with Crippen molar-refractivity contribution in [3.8, 4) is 23.0 Å². The van der Waals surface area contributed by atoms with Gasteiger partial charge in [-0.15, -0.1) is 0 Å². The molecule has 0 saturated heterocycles. The number of benzene rings is 4. The topological polar surface area (TPSA) is 70.5 Å². The molecule has 4 N–H and O–H groups in total. The van der Waals surface area contributed by atoms with Crippen molar-refractivity contribution in [2.75, 3.05) is 11.5 Å². The highest BCUT2D eigenvalue weighted by Gasteiger charge is 2.28. The predicted molar refractivity (Wildman–Crippen MR) is 196 cm³/mol. The van der Waals surface area contributed by atoms with Gasteiger partial charge in [0.1, 0.15) is 23.0 Å². The fourth-order valence-corrected chi connectivity index (χ4v) is 6.25. The molecule has 0 aliphatic carbocycles. The van der Waals surface area contributed by atoms with Crippen molar-refractivity contribution in [3.05, 3.63) is 108 Å². The van der Waals surface area contributed by atoms with Gasteiger partial charge in [-0.25, -0.2) is 0 Å². The zero-order chi connectivity index (χ0) is 32.5. The van der Waals surface area contributed by atoms with Crippen molar-refractivity contribution in [2.24, 2.45) is 0 Å². The van der Waals surface area contributed by atoms with E-state index in [9.17, 15) is 0 Å². The zero-order valence-electron chi connectivity index (χ0n) is 28.3. The van der Waals surface area contributed by atoms with Gasteiger partial charge in [0, 0.05) is 16.8 Å². The highest BCUT2D eigenvalue weighted by atomic mass is 16.5. The molecule has 0 aliphatic rings. The lowest BCUT2D eigenvalue weighted by atomic mass is 9.72. The van der Waals surface area contributed by atoms with Crippen LogP contribution in [0.1, 0.15) is 121 Å². The van der Waals surface area contributed by atoms with E-state index in [1.54, 1.807) is 0 Å². The van der Waals surface area contributed by atoms with Crippen LogP contribution in [0.5, 0.6) is 23.0 Å². The molecule has 4 aromatic carbocycles. The molecule has 0 spiro atoms. The Bertz CT molecular complexity index is 1290. The van der Waals surface area contributed by atoms with Crippen molar-refractivity contribution >= 4 is 11.4 Å². The predicted octanol–water partition coefficient (Wildman–Crippen LogP) is 12.6. The van der Waals surface area contributed by atoms with Crippen LogP contribution in [0.25, 0.3) is 0 Å². The molecule has 246 valence electrons. The molecule has 0 heterocycles. The number of anilines is 2. The molecule has 4 nitrogen and oxygen atoms in total. The van der Waals surface area contributed by atoms with Crippen LogP contribution in [0.15, 0.2) is 97.1 Å². The third-order valence-corrected chi connectivity index (χ3v) is 9.24. The Morgan fingerprint density at radius 2 is 0.696 bits per heavy atom. The Balaban J connectivity index is 1.32. The van der Waals surface area contributed by atoms with Crippen LogP contribution in [0, 0.1) is 0 Å². The largest absolute Gasteiger partial charge is 0.457 e. The Morgan fingerprint density at radius 3 is 1.02 bits per heavy atom. The zero-order valence-corrected chi connectivity index (χ0v) is 28.3.